The number of methoxy groups -OCH3 is 1. The first-order valence-corrected chi connectivity index (χ1v) is 8.90. The van der Waals surface area contributed by atoms with Gasteiger partial charge in [-0.3, -0.25) is 4.79 Å². The summed E-state index contributed by atoms with van der Waals surface area (Å²) in [4.78, 5) is 16.2. The van der Waals surface area contributed by atoms with Crippen LogP contribution >= 0.6 is 0 Å². The number of aromatic nitrogens is 1. The normalized spacial score (nSPS) is 10.8. The molecular formula is C24H18FNO2. The quantitative estimate of drug-likeness (QED) is 0.423. The Kier molecular flexibility index (Phi) is 4.62. The molecule has 0 atom stereocenters. The average molecular weight is 371 g/mol. The molecule has 0 saturated heterocycles. The predicted molar refractivity (Wildman–Crippen MR) is 109 cm³/mol. The molecule has 0 aliphatic carbocycles. The van der Waals surface area contributed by atoms with Crippen molar-refractivity contribution in [2.45, 2.75) is 6.92 Å². The lowest BCUT2D eigenvalue weighted by molar-refractivity contribution is 0.112. The summed E-state index contributed by atoms with van der Waals surface area (Å²) < 4.78 is 20.0. The Labute approximate surface area is 162 Å². The van der Waals surface area contributed by atoms with Crippen LogP contribution in [0.25, 0.3) is 33.3 Å². The minimum Gasteiger partial charge on any atom is -0.497 e. The van der Waals surface area contributed by atoms with Crippen molar-refractivity contribution in [3.8, 4) is 28.1 Å². The number of pyridine rings is 1. The lowest BCUT2D eigenvalue weighted by Gasteiger charge is -2.10. The van der Waals surface area contributed by atoms with Crippen LogP contribution in [0.4, 0.5) is 4.39 Å². The van der Waals surface area contributed by atoms with Gasteiger partial charge in [0.05, 0.1) is 18.3 Å². The van der Waals surface area contributed by atoms with E-state index in [1.165, 1.54) is 6.07 Å². The fourth-order valence-electron chi connectivity index (χ4n) is 3.29. The Morgan fingerprint density at radius 2 is 1.68 bits per heavy atom. The molecule has 4 rings (SSSR count). The molecule has 3 nitrogen and oxygen atoms in total. The van der Waals surface area contributed by atoms with E-state index in [1.807, 2.05) is 43.3 Å². The monoisotopic (exact) mass is 371 g/mol. The number of aryl methyl sites for hydroxylation is 1. The molecule has 1 heterocycles. The number of carbonyl (C=O) groups excluding carboxylic acids is 1. The van der Waals surface area contributed by atoms with Crippen molar-refractivity contribution in [2.75, 3.05) is 7.11 Å². The molecule has 1 aromatic heterocycles. The molecule has 28 heavy (non-hydrogen) atoms. The highest BCUT2D eigenvalue weighted by Gasteiger charge is 2.11. The maximum absolute atomic E-state index is 14.8. The molecule has 4 heteroatoms. The molecule has 138 valence electrons. The Hall–Kier alpha value is -3.53. The number of benzene rings is 3. The molecular weight excluding hydrogens is 353 g/mol. The summed E-state index contributed by atoms with van der Waals surface area (Å²) in [5.41, 5.74) is 4.77. The van der Waals surface area contributed by atoms with Gasteiger partial charge in [-0.2, -0.15) is 0 Å². The zero-order chi connectivity index (χ0) is 19.7. The van der Waals surface area contributed by atoms with Crippen molar-refractivity contribution >= 4 is 17.2 Å². The average Bonchev–Trinajstić information content (AvgIpc) is 2.73. The Balaban J connectivity index is 1.78. The highest BCUT2D eigenvalue weighted by atomic mass is 19.1. The predicted octanol–water partition coefficient (Wildman–Crippen LogP) is 5.84. The van der Waals surface area contributed by atoms with Crippen molar-refractivity contribution in [3.63, 3.8) is 0 Å². The van der Waals surface area contributed by atoms with Gasteiger partial charge < -0.3 is 4.74 Å². The van der Waals surface area contributed by atoms with Gasteiger partial charge in [-0.15, -0.1) is 0 Å². The van der Waals surface area contributed by atoms with Crippen LogP contribution in [0.1, 0.15) is 15.9 Å². The molecule has 0 spiro atoms. The third-order valence-corrected chi connectivity index (χ3v) is 4.79. The summed E-state index contributed by atoms with van der Waals surface area (Å²) in [5.74, 6) is 0.374. The van der Waals surface area contributed by atoms with Crippen molar-refractivity contribution in [2.24, 2.45) is 0 Å². The number of nitrogens with zero attached hydrogens (tertiary/aromatic N) is 1. The van der Waals surface area contributed by atoms with Gasteiger partial charge in [-0.25, -0.2) is 9.37 Å². The molecule has 3 aromatic carbocycles. The topological polar surface area (TPSA) is 39.2 Å². The van der Waals surface area contributed by atoms with Crippen LogP contribution in [0.3, 0.4) is 0 Å². The Morgan fingerprint density at radius 3 is 2.36 bits per heavy atom. The van der Waals surface area contributed by atoms with Crippen molar-refractivity contribution in [3.05, 3.63) is 83.7 Å². The molecule has 0 bridgehead atoms. The van der Waals surface area contributed by atoms with Crippen LogP contribution in [-0.4, -0.2) is 18.4 Å². The molecule has 0 fully saturated rings. The van der Waals surface area contributed by atoms with Crippen LogP contribution in [0.15, 0.2) is 66.7 Å². The third kappa shape index (κ3) is 3.25. The van der Waals surface area contributed by atoms with Crippen molar-refractivity contribution in [1.82, 2.24) is 4.98 Å². The molecule has 4 aromatic rings. The largest absolute Gasteiger partial charge is 0.497 e. The minimum atomic E-state index is -0.346. The first kappa shape index (κ1) is 17.9. The van der Waals surface area contributed by atoms with Gasteiger partial charge in [0.1, 0.15) is 11.6 Å². The zero-order valence-corrected chi connectivity index (χ0v) is 15.6. The fraction of sp³-hybridized carbons (Fsp3) is 0.0833. The number of rotatable bonds is 4. The Bertz CT molecular complexity index is 1180. The number of carbonyl (C=O) groups is 1. The maximum atomic E-state index is 14.8. The molecule has 0 amide bonds. The van der Waals surface area contributed by atoms with Crippen LogP contribution in [0.5, 0.6) is 5.75 Å². The van der Waals surface area contributed by atoms with E-state index >= 15 is 0 Å². The van der Waals surface area contributed by atoms with Gasteiger partial charge in [0.15, 0.2) is 6.29 Å². The smallest absolute Gasteiger partial charge is 0.150 e. The lowest BCUT2D eigenvalue weighted by Crippen LogP contribution is -1.93. The number of hydrogen-bond acceptors (Lipinski definition) is 3. The molecule has 0 radical (unpaired) electrons. The summed E-state index contributed by atoms with van der Waals surface area (Å²) in [5, 5.41) is 0.800. The van der Waals surface area contributed by atoms with Gasteiger partial charge in [-0.1, -0.05) is 35.9 Å². The van der Waals surface area contributed by atoms with Crippen LogP contribution < -0.4 is 4.74 Å². The van der Waals surface area contributed by atoms with E-state index in [9.17, 15) is 9.18 Å². The van der Waals surface area contributed by atoms with Crippen LogP contribution in [0, 0.1) is 12.7 Å². The second-order valence-corrected chi connectivity index (χ2v) is 6.66. The molecule has 0 N–H and O–H groups in total. The SMILES string of the molecule is COc1ccc(-c2ccc(-c3cc(C=O)c4cc(C)ccc4n3)cc2F)cc1. The number of fused-ring (bicyclic) bond motifs is 1. The van der Waals surface area contributed by atoms with E-state index in [0.29, 0.717) is 27.9 Å². The number of halogens is 1. The first-order valence-electron chi connectivity index (χ1n) is 8.90. The van der Waals surface area contributed by atoms with E-state index in [-0.39, 0.29) is 5.82 Å². The standard InChI is InChI=1S/C24H18FNO2/c1-15-3-10-23-21(11-15)18(14-27)13-24(26-23)17-6-9-20(22(25)12-17)16-4-7-19(28-2)8-5-16/h3-14H,1-2H3. The fourth-order valence-corrected chi connectivity index (χ4v) is 3.29. The summed E-state index contributed by atoms with van der Waals surface area (Å²) in [6.45, 7) is 1.97. The van der Waals surface area contributed by atoms with E-state index in [1.54, 1.807) is 31.4 Å². The van der Waals surface area contributed by atoms with E-state index < -0.39 is 0 Å². The minimum absolute atomic E-state index is 0.346. The van der Waals surface area contributed by atoms with Gasteiger partial charge in [0.25, 0.3) is 0 Å². The third-order valence-electron chi connectivity index (χ3n) is 4.79. The van der Waals surface area contributed by atoms with Gasteiger partial charge in [0.2, 0.25) is 0 Å². The number of aldehydes is 1. The summed E-state index contributed by atoms with van der Waals surface area (Å²) in [6.07, 6.45) is 0.815. The summed E-state index contributed by atoms with van der Waals surface area (Å²) in [6, 6.07) is 19.7. The Morgan fingerprint density at radius 1 is 0.929 bits per heavy atom. The molecule has 0 aliphatic rings. The highest BCUT2D eigenvalue weighted by molar-refractivity contribution is 5.98. The van der Waals surface area contributed by atoms with E-state index in [0.717, 1.165) is 28.5 Å². The lowest BCUT2D eigenvalue weighted by atomic mass is 10.00. The second-order valence-electron chi connectivity index (χ2n) is 6.66. The molecule has 0 unspecified atom stereocenters. The molecule has 0 aliphatic heterocycles. The van der Waals surface area contributed by atoms with Crippen molar-refractivity contribution in [1.29, 1.82) is 0 Å². The van der Waals surface area contributed by atoms with E-state index in [4.69, 9.17) is 4.74 Å². The van der Waals surface area contributed by atoms with Crippen molar-refractivity contribution < 1.29 is 13.9 Å². The molecule has 0 saturated carbocycles. The van der Waals surface area contributed by atoms with Crippen LogP contribution in [-0.2, 0) is 0 Å². The highest BCUT2D eigenvalue weighted by Crippen LogP contribution is 2.30. The van der Waals surface area contributed by atoms with Crippen LogP contribution in [0.2, 0.25) is 0 Å². The zero-order valence-electron chi connectivity index (χ0n) is 15.6. The first-order chi connectivity index (χ1) is 13.6. The summed E-state index contributed by atoms with van der Waals surface area (Å²) >= 11 is 0. The van der Waals surface area contributed by atoms with E-state index in [2.05, 4.69) is 4.98 Å². The number of ether oxygens (including phenoxy) is 1. The van der Waals surface area contributed by atoms with Gasteiger partial charge >= 0.3 is 0 Å². The summed E-state index contributed by atoms with van der Waals surface area (Å²) in [7, 11) is 1.59. The van der Waals surface area contributed by atoms with Gasteiger partial charge in [0, 0.05) is 22.1 Å². The maximum Gasteiger partial charge on any atom is 0.150 e. The second kappa shape index (κ2) is 7.24. The van der Waals surface area contributed by atoms with Gasteiger partial charge in [-0.05, 0) is 48.9 Å². The number of hydrogen-bond donors (Lipinski definition) is 0.